The summed E-state index contributed by atoms with van der Waals surface area (Å²) in [6.45, 7) is 0.721. The van der Waals surface area contributed by atoms with Gasteiger partial charge in [-0.05, 0) is 36.5 Å². The topological polar surface area (TPSA) is 75.6 Å². The second kappa shape index (κ2) is 6.33. The molecule has 1 aromatic rings. The molecule has 1 aliphatic carbocycles. The van der Waals surface area contributed by atoms with E-state index in [1.165, 1.54) is 12.8 Å². The first-order chi connectivity index (χ1) is 9.13. The molecule has 0 aromatic heterocycles. The summed E-state index contributed by atoms with van der Waals surface area (Å²) in [4.78, 5) is 22.1. The van der Waals surface area contributed by atoms with Gasteiger partial charge in [0.05, 0.1) is 13.0 Å². The molecule has 2 N–H and O–H groups in total. The Balaban J connectivity index is 1.74. The van der Waals surface area contributed by atoms with Crippen LogP contribution in [0.3, 0.4) is 0 Å². The van der Waals surface area contributed by atoms with Crippen molar-refractivity contribution in [2.24, 2.45) is 5.92 Å². The fourth-order valence-electron chi connectivity index (χ4n) is 1.68. The van der Waals surface area contributed by atoms with E-state index in [-0.39, 0.29) is 18.9 Å². The van der Waals surface area contributed by atoms with Gasteiger partial charge < -0.3 is 15.2 Å². The summed E-state index contributed by atoms with van der Waals surface area (Å²) in [5.41, 5.74) is 1.35. The summed E-state index contributed by atoms with van der Waals surface area (Å²) in [5.74, 6) is -0.417. The van der Waals surface area contributed by atoms with Gasteiger partial charge in [-0.3, -0.25) is 9.59 Å². The Bertz CT molecular complexity index is 451. The average molecular weight is 263 g/mol. The van der Waals surface area contributed by atoms with Crippen LogP contribution in [0.25, 0.3) is 0 Å². The van der Waals surface area contributed by atoms with Crippen molar-refractivity contribution in [1.82, 2.24) is 0 Å². The van der Waals surface area contributed by atoms with Crippen LogP contribution in [0.4, 0.5) is 5.69 Å². The van der Waals surface area contributed by atoms with Crippen molar-refractivity contribution >= 4 is 17.6 Å². The number of carboxylic acid groups (broad SMARTS) is 1. The van der Waals surface area contributed by atoms with Crippen molar-refractivity contribution < 1.29 is 19.4 Å². The van der Waals surface area contributed by atoms with Crippen molar-refractivity contribution in [3.8, 4) is 0 Å². The fraction of sp³-hybridized carbons (Fsp3) is 0.429. The maximum absolute atomic E-state index is 11.5. The third-order valence-electron chi connectivity index (χ3n) is 2.88. The maximum Gasteiger partial charge on any atom is 0.307 e. The molecule has 5 nitrogen and oxygen atoms in total. The van der Waals surface area contributed by atoms with Crippen LogP contribution >= 0.6 is 0 Å². The predicted molar refractivity (Wildman–Crippen MR) is 70.0 cm³/mol. The first-order valence-electron chi connectivity index (χ1n) is 6.32. The molecule has 0 bridgehead atoms. The number of nitrogens with one attached hydrogen (secondary N) is 1. The number of amides is 1. The van der Waals surface area contributed by atoms with Gasteiger partial charge in [0.1, 0.15) is 6.61 Å². The molecule has 2 rings (SSSR count). The van der Waals surface area contributed by atoms with Gasteiger partial charge in [-0.15, -0.1) is 0 Å². The minimum absolute atomic E-state index is 0.0152. The molecule has 0 atom stereocenters. The van der Waals surface area contributed by atoms with E-state index < -0.39 is 5.97 Å². The standard InChI is InChI=1S/C14H17NO4/c16-13(9-19-8-11-1-2-11)15-12-5-3-10(4-6-12)7-14(17)18/h3-6,11H,1-2,7-9H2,(H,15,16)(H,17,18). The second-order valence-electron chi connectivity index (χ2n) is 4.77. The average Bonchev–Trinajstić information content (AvgIpc) is 3.15. The van der Waals surface area contributed by atoms with E-state index in [0.717, 1.165) is 0 Å². The summed E-state index contributed by atoms with van der Waals surface area (Å²) in [6, 6.07) is 6.76. The van der Waals surface area contributed by atoms with Crippen LogP contribution in [0.1, 0.15) is 18.4 Å². The minimum atomic E-state index is -0.870. The van der Waals surface area contributed by atoms with Crippen LogP contribution in [-0.2, 0) is 20.7 Å². The van der Waals surface area contributed by atoms with Crippen LogP contribution in [0, 0.1) is 5.92 Å². The highest BCUT2D eigenvalue weighted by atomic mass is 16.5. The predicted octanol–water partition coefficient (Wildman–Crippen LogP) is 1.68. The van der Waals surface area contributed by atoms with Gasteiger partial charge in [-0.1, -0.05) is 12.1 Å². The lowest BCUT2D eigenvalue weighted by Crippen LogP contribution is -2.19. The first kappa shape index (κ1) is 13.5. The van der Waals surface area contributed by atoms with Gasteiger partial charge in [-0.2, -0.15) is 0 Å². The molecule has 19 heavy (non-hydrogen) atoms. The normalized spacial score (nSPS) is 14.1. The highest BCUT2D eigenvalue weighted by molar-refractivity contribution is 5.91. The number of hydrogen-bond donors (Lipinski definition) is 2. The first-order valence-corrected chi connectivity index (χ1v) is 6.32. The Morgan fingerprint density at radius 1 is 1.26 bits per heavy atom. The molecule has 0 unspecified atom stereocenters. The Morgan fingerprint density at radius 3 is 2.53 bits per heavy atom. The number of rotatable bonds is 7. The van der Waals surface area contributed by atoms with E-state index in [4.69, 9.17) is 9.84 Å². The van der Waals surface area contributed by atoms with Crippen LogP contribution in [0.15, 0.2) is 24.3 Å². The molecule has 1 aliphatic rings. The van der Waals surface area contributed by atoms with Crippen LogP contribution < -0.4 is 5.32 Å². The molecule has 0 spiro atoms. The van der Waals surface area contributed by atoms with E-state index in [1.807, 2.05) is 0 Å². The summed E-state index contributed by atoms with van der Waals surface area (Å²) < 4.78 is 5.28. The van der Waals surface area contributed by atoms with Gasteiger partial charge >= 0.3 is 5.97 Å². The summed E-state index contributed by atoms with van der Waals surface area (Å²) in [5, 5.41) is 11.3. The Hall–Kier alpha value is -1.88. The molecule has 0 aliphatic heterocycles. The monoisotopic (exact) mass is 263 g/mol. The van der Waals surface area contributed by atoms with Crippen molar-refractivity contribution in [3.05, 3.63) is 29.8 Å². The van der Waals surface area contributed by atoms with Crippen molar-refractivity contribution in [1.29, 1.82) is 0 Å². The Morgan fingerprint density at radius 2 is 1.95 bits per heavy atom. The van der Waals surface area contributed by atoms with E-state index in [2.05, 4.69) is 5.32 Å². The lowest BCUT2D eigenvalue weighted by Gasteiger charge is -2.06. The zero-order valence-electron chi connectivity index (χ0n) is 10.6. The van der Waals surface area contributed by atoms with Gasteiger partial charge in [-0.25, -0.2) is 0 Å². The maximum atomic E-state index is 11.5. The second-order valence-corrected chi connectivity index (χ2v) is 4.77. The van der Waals surface area contributed by atoms with Crippen molar-refractivity contribution in [3.63, 3.8) is 0 Å². The van der Waals surface area contributed by atoms with Gasteiger partial charge in [0.25, 0.3) is 0 Å². The Kier molecular flexibility index (Phi) is 4.52. The third-order valence-corrected chi connectivity index (χ3v) is 2.88. The molecule has 1 saturated carbocycles. The summed E-state index contributed by atoms with van der Waals surface area (Å²) in [7, 11) is 0. The highest BCUT2D eigenvalue weighted by Gasteiger charge is 2.21. The van der Waals surface area contributed by atoms with Crippen LogP contribution in [0.2, 0.25) is 0 Å². The number of carboxylic acids is 1. The quantitative estimate of drug-likeness (QED) is 0.784. The van der Waals surface area contributed by atoms with E-state index in [1.54, 1.807) is 24.3 Å². The SMILES string of the molecule is O=C(O)Cc1ccc(NC(=O)COCC2CC2)cc1. The molecule has 5 heteroatoms. The Labute approximate surface area is 111 Å². The van der Waals surface area contributed by atoms with Gasteiger partial charge in [0.2, 0.25) is 5.91 Å². The third kappa shape index (κ3) is 5.09. The number of carbonyl (C=O) groups excluding carboxylic acids is 1. The lowest BCUT2D eigenvalue weighted by molar-refractivity contribution is -0.136. The molecule has 0 radical (unpaired) electrons. The molecule has 1 fully saturated rings. The number of aliphatic carboxylic acids is 1. The molecule has 1 amide bonds. The van der Waals surface area contributed by atoms with Crippen LogP contribution in [0.5, 0.6) is 0 Å². The van der Waals surface area contributed by atoms with Crippen molar-refractivity contribution in [2.75, 3.05) is 18.5 Å². The summed E-state index contributed by atoms with van der Waals surface area (Å²) >= 11 is 0. The lowest BCUT2D eigenvalue weighted by atomic mass is 10.1. The molecule has 102 valence electrons. The minimum Gasteiger partial charge on any atom is -0.481 e. The zero-order chi connectivity index (χ0) is 13.7. The van der Waals surface area contributed by atoms with Crippen molar-refractivity contribution in [2.45, 2.75) is 19.3 Å². The fourth-order valence-corrected chi connectivity index (χ4v) is 1.68. The molecular weight excluding hydrogens is 246 g/mol. The van der Waals surface area contributed by atoms with E-state index >= 15 is 0 Å². The van der Waals surface area contributed by atoms with E-state index in [9.17, 15) is 9.59 Å². The number of ether oxygens (including phenoxy) is 1. The largest absolute Gasteiger partial charge is 0.481 e. The number of carbonyl (C=O) groups is 2. The van der Waals surface area contributed by atoms with Gasteiger partial charge in [0.15, 0.2) is 0 Å². The zero-order valence-corrected chi connectivity index (χ0v) is 10.6. The van der Waals surface area contributed by atoms with E-state index in [0.29, 0.717) is 23.8 Å². The van der Waals surface area contributed by atoms with Gasteiger partial charge in [0, 0.05) is 5.69 Å². The molecular formula is C14H17NO4. The molecule has 0 heterocycles. The molecule has 0 saturated heterocycles. The number of anilines is 1. The highest BCUT2D eigenvalue weighted by Crippen LogP contribution is 2.28. The smallest absolute Gasteiger partial charge is 0.307 e. The number of benzene rings is 1. The van der Waals surface area contributed by atoms with Crippen LogP contribution in [-0.4, -0.2) is 30.2 Å². The number of hydrogen-bond acceptors (Lipinski definition) is 3. The summed E-state index contributed by atoms with van der Waals surface area (Å²) in [6.07, 6.45) is 2.39. The molecule has 1 aromatic carbocycles.